The first-order valence-electron chi connectivity index (χ1n) is 4.74. The predicted octanol–water partition coefficient (Wildman–Crippen LogP) is 0.928. The molecule has 5 heteroatoms. The van der Waals surface area contributed by atoms with Crippen LogP contribution in [0.25, 0.3) is 0 Å². The average Bonchev–Trinajstić information content (AvgIpc) is 2.20. The summed E-state index contributed by atoms with van der Waals surface area (Å²) >= 11 is 5.68. The van der Waals surface area contributed by atoms with Gasteiger partial charge in [0.1, 0.15) is 0 Å². The molecule has 0 aromatic carbocycles. The molecule has 76 valence electrons. The molecular weight excluding hydrogens is 200 g/mol. The first kappa shape index (κ1) is 9.68. The van der Waals surface area contributed by atoms with Crippen LogP contribution in [-0.4, -0.2) is 35.9 Å². The molecule has 1 aliphatic rings. The summed E-state index contributed by atoms with van der Waals surface area (Å²) in [5.41, 5.74) is 0. The van der Waals surface area contributed by atoms with Crippen LogP contribution in [0.15, 0.2) is 12.1 Å². The monoisotopic (exact) mass is 212 g/mol. The van der Waals surface area contributed by atoms with E-state index in [0.29, 0.717) is 11.2 Å². The normalized spacial score (nSPS) is 22.4. The lowest BCUT2D eigenvalue weighted by atomic mass is 10.2. The fourth-order valence-corrected chi connectivity index (χ4v) is 1.74. The fourth-order valence-electron chi connectivity index (χ4n) is 1.64. The largest absolute Gasteiger partial charge is 0.350 e. The molecule has 1 saturated heterocycles. The minimum atomic E-state index is 0.441. The fraction of sp³-hybridized carbons (Fsp3) is 0.556. The Morgan fingerprint density at radius 2 is 2.36 bits per heavy atom. The molecule has 14 heavy (non-hydrogen) atoms. The summed E-state index contributed by atoms with van der Waals surface area (Å²) in [4.78, 5) is 2.24. The summed E-state index contributed by atoms with van der Waals surface area (Å²) in [5, 5.41) is 11.7. The third-order valence-electron chi connectivity index (χ3n) is 2.41. The van der Waals surface area contributed by atoms with E-state index in [0.717, 1.165) is 25.5 Å². The topological polar surface area (TPSA) is 41.0 Å². The molecule has 1 fully saturated rings. The average molecular weight is 213 g/mol. The molecule has 4 nitrogen and oxygen atoms in total. The zero-order valence-electron chi connectivity index (χ0n) is 8.07. The maximum atomic E-state index is 5.68. The quantitative estimate of drug-likeness (QED) is 0.752. The molecule has 0 radical (unpaired) electrons. The molecule has 2 rings (SSSR count). The molecule has 1 aromatic rings. The van der Waals surface area contributed by atoms with Crippen LogP contribution in [0.5, 0.6) is 0 Å². The molecule has 0 aliphatic carbocycles. The number of hydrogen-bond donors (Lipinski definition) is 1. The minimum absolute atomic E-state index is 0.441. The number of piperazine rings is 1. The zero-order chi connectivity index (χ0) is 9.97. The van der Waals surface area contributed by atoms with Gasteiger partial charge in [-0.1, -0.05) is 11.6 Å². The van der Waals surface area contributed by atoms with E-state index in [1.54, 1.807) is 6.07 Å². The molecule has 0 unspecified atom stereocenters. The molecule has 1 atom stereocenters. The smallest absolute Gasteiger partial charge is 0.151 e. The van der Waals surface area contributed by atoms with Crippen LogP contribution in [0, 0.1) is 0 Å². The van der Waals surface area contributed by atoms with E-state index >= 15 is 0 Å². The highest BCUT2D eigenvalue weighted by Crippen LogP contribution is 2.15. The standard InChI is InChI=1S/C9H13ClN4/c1-7-6-11-4-5-14(7)9-3-2-8(10)12-13-9/h2-3,7,11H,4-6H2,1H3/t7-/m0/s1. The third kappa shape index (κ3) is 1.96. The molecule has 0 amide bonds. The van der Waals surface area contributed by atoms with Crippen molar-refractivity contribution in [1.82, 2.24) is 15.5 Å². The van der Waals surface area contributed by atoms with Crippen LogP contribution < -0.4 is 10.2 Å². The first-order chi connectivity index (χ1) is 6.77. The van der Waals surface area contributed by atoms with Crippen molar-refractivity contribution in [3.05, 3.63) is 17.3 Å². The van der Waals surface area contributed by atoms with Gasteiger partial charge in [-0.25, -0.2) is 0 Å². The van der Waals surface area contributed by atoms with E-state index in [1.165, 1.54) is 0 Å². The van der Waals surface area contributed by atoms with Crippen LogP contribution in [-0.2, 0) is 0 Å². The van der Waals surface area contributed by atoms with Crippen LogP contribution in [0.4, 0.5) is 5.82 Å². The van der Waals surface area contributed by atoms with Crippen molar-refractivity contribution in [2.24, 2.45) is 0 Å². The lowest BCUT2D eigenvalue weighted by Crippen LogP contribution is -2.50. The van der Waals surface area contributed by atoms with E-state index in [1.807, 2.05) is 6.07 Å². The van der Waals surface area contributed by atoms with E-state index in [2.05, 4.69) is 27.3 Å². The van der Waals surface area contributed by atoms with E-state index in [9.17, 15) is 0 Å². The Kier molecular flexibility index (Phi) is 2.84. The number of hydrogen-bond acceptors (Lipinski definition) is 4. The van der Waals surface area contributed by atoms with Crippen molar-refractivity contribution in [2.75, 3.05) is 24.5 Å². The maximum Gasteiger partial charge on any atom is 0.151 e. The van der Waals surface area contributed by atoms with Crippen molar-refractivity contribution in [3.8, 4) is 0 Å². The Morgan fingerprint density at radius 3 is 3.00 bits per heavy atom. The summed E-state index contributed by atoms with van der Waals surface area (Å²) in [6.07, 6.45) is 0. The second kappa shape index (κ2) is 4.11. The van der Waals surface area contributed by atoms with Gasteiger partial charge in [0.2, 0.25) is 0 Å². The molecule has 0 bridgehead atoms. The summed E-state index contributed by atoms with van der Waals surface area (Å²) in [5.74, 6) is 0.906. The lowest BCUT2D eigenvalue weighted by molar-refractivity contribution is 0.495. The Labute approximate surface area is 88.3 Å². The van der Waals surface area contributed by atoms with Gasteiger partial charge in [-0.15, -0.1) is 10.2 Å². The van der Waals surface area contributed by atoms with E-state index in [4.69, 9.17) is 11.6 Å². The van der Waals surface area contributed by atoms with Crippen molar-refractivity contribution < 1.29 is 0 Å². The maximum absolute atomic E-state index is 5.68. The minimum Gasteiger partial charge on any atom is -0.350 e. The van der Waals surface area contributed by atoms with Crippen LogP contribution in [0.2, 0.25) is 5.15 Å². The first-order valence-corrected chi connectivity index (χ1v) is 5.12. The van der Waals surface area contributed by atoms with Gasteiger partial charge in [0.05, 0.1) is 0 Å². The molecule has 1 aliphatic heterocycles. The molecule has 2 heterocycles. The summed E-state index contributed by atoms with van der Waals surface area (Å²) in [6.45, 7) is 5.12. The summed E-state index contributed by atoms with van der Waals surface area (Å²) < 4.78 is 0. The van der Waals surface area contributed by atoms with E-state index in [-0.39, 0.29) is 0 Å². The number of nitrogens with one attached hydrogen (secondary N) is 1. The summed E-state index contributed by atoms with van der Waals surface area (Å²) in [6, 6.07) is 4.15. The van der Waals surface area contributed by atoms with Gasteiger partial charge in [-0.2, -0.15) is 0 Å². The number of halogens is 1. The second-order valence-corrected chi connectivity index (χ2v) is 3.85. The Morgan fingerprint density at radius 1 is 1.50 bits per heavy atom. The van der Waals surface area contributed by atoms with Gasteiger partial charge >= 0.3 is 0 Å². The van der Waals surface area contributed by atoms with Gasteiger partial charge in [-0.05, 0) is 19.1 Å². The molecule has 1 N–H and O–H groups in total. The third-order valence-corrected chi connectivity index (χ3v) is 2.62. The second-order valence-electron chi connectivity index (χ2n) is 3.46. The van der Waals surface area contributed by atoms with Crippen molar-refractivity contribution in [3.63, 3.8) is 0 Å². The van der Waals surface area contributed by atoms with E-state index < -0.39 is 0 Å². The Bertz CT molecular complexity index is 300. The zero-order valence-corrected chi connectivity index (χ0v) is 8.83. The number of aromatic nitrogens is 2. The highest BCUT2D eigenvalue weighted by atomic mass is 35.5. The van der Waals surface area contributed by atoms with Crippen molar-refractivity contribution in [1.29, 1.82) is 0 Å². The van der Waals surface area contributed by atoms with Crippen LogP contribution in [0.3, 0.4) is 0 Å². The Hall–Kier alpha value is -0.870. The highest BCUT2D eigenvalue weighted by molar-refractivity contribution is 6.29. The molecule has 0 saturated carbocycles. The SMILES string of the molecule is C[C@H]1CNCCN1c1ccc(Cl)nn1. The van der Waals surface area contributed by atoms with Gasteiger partial charge in [0.25, 0.3) is 0 Å². The highest BCUT2D eigenvalue weighted by Gasteiger charge is 2.19. The van der Waals surface area contributed by atoms with Gasteiger partial charge in [0.15, 0.2) is 11.0 Å². The van der Waals surface area contributed by atoms with Gasteiger partial charge in [0, 0.05) is 25.7 Å². The van der Waals surface area contributed by atoms with Crippen LogP contribution >= 0.6 is 11.6 Å². The lowest BCUT2D eigenvalue weighted by Gasteiger charge is -2.34. The predicted molar refractivity (Wildman–Crippen MR) is 56.7 cm³/mol. The Balaban J connectivity index is 2.16. The van der Waals surface area contributed by atoms with Gasteiger partial charge < -0.3 is 10.2 Å². The van der Waals surface area contributed by atoms with Crippen molar-refractivity contribution >= 4 is 17.4 Å². The molecular formula is C9H13ClN4. The van der Waals surface area contributed by atoms with Crippen molar-refractivity contribution in [2.45, 2.75) is 13.0 Å². The van der Waals surface area contributed by atoms with Gasteiger partial charge in [-0.3, -0.25) is 0 Å². The number of rotatable bonds is 1. The number of nitrogens with zero attached hydrogens (tertiary/aromatic N) is 3. The van der Waals surface area contributed by atoms with Crippen LogP contribution in [0.1, 0.15) is 6.92 Å². The summed E-state index contributed by atoms with van der Waals surface area (Å²) in [7, 11) is 0. The number of anilines is 1. The molecule has 1 aromatic heterocycles. The molecule has 0 spiro atoms.